The third-order valence-corrected chi connectivity index (χ3v) is 6.92. The number of aliphatic hydroxyl groups excluding tert-OH is 1. The van der Waals surface area contributed by atoms with Gasteiger partial charge in [-0.2, -0.15) is 5.10 Å². The highest BCUT2D eigenvalue weighted by molar-refractivity contribution is 5.89. The number of fused-ring (bicyclic) bond motifs is 1. The summed E-state index contributed by atoms with van der Waals surface area (Å²) in [5, 5.41) is 28.2. The van der Waals surface area contributed by atoms with Crippen LogP contribution in [0.1, 0.15) is 60.9 Å². The molecule has 2 atom stereocenters. The van der Waals surface area contributed by atoms with Crippen LogP contribution in [0, 0.1) is 0 Å². The standard InChI is InChI=1S/C28H34FN9O3/c1-17(39)13-38-10-8-23(33-24(40)25-35-36-26(41-25)28(2,3)16-29)21-6-5-18(11-19(21)14-38)22-7-9-30-27(34-22)32-20-12-31-37(4)15-20/h5-7,9,11-12,15,17,23,39H,8,10,13-14,16H2,1-4H3,(H,33,40)(H,30,32,34)/t17-,23-/m0/s1. The van der Waals surface area contributed by atoms with E-state index in [0.717, 1.165) is 28.1 Å². The first kappa shape index (κ1) is 28.3. The maximum absolute atomic E-state index is 13.4. The Morgan fingerprint density at radius 1 is 1.29 bits per heavy atom. The fourth-order valence-corrected chi connectivity index (χ4v) is 4.77. The van der Waals surface area contributed by atoms with Gasteiger partial charge >= 0.3 is 11.8 Å². The number of hydrogen-bond acceptors (Lipinski definition) is 10. The molecule has 13 heteroatoms. The summed E-state index contributed by atoms with van der Waals surface area (Å²) in [5.74, 6) is -0.216. The largest absolute Gasteiger partial charge is 0.416 e. The van der Waals surface area contributed by atoms with Crippen LogP contribution in [0.5, 0.6) is 0 Å². The molecule has 1 aliphatic rings. The molecule has 5 rings (SSSR count). The maximum Gasteiger partial charge on any atom is 0.309 e. The van der Waals surface area contributed by atoms with E-state index in [-0.39, 0.29) is 17.8 Å². The number of nitrogens with one attached hydrogen (secondary N) is 2. The number of alkyl halides is 1. The predicted molar refractivity (Wildman–Crippen MR) is 149 cm³/mol. The van der Waals surface area contributed by atoms with Crippen LogP contribution in [-0.4, -0.2) is 71.7 Å². The summed E-state index contributed by atoms with van der Waals surface area (Å²) in [6.07, 6.45) is 5.32. The van der Waals surface area contributed by atoms with Gasteiger partial charge < -0.3 is 20.2 Å². The molecule has 216 valence electrons. The molecule has 1 aromatic carbocycles. The number of nitrogens with zero attached hydrogens (tertiary/aromatic N) is 7. The number of aryl methyl sites for hydroxylation is 1. The molecule has 0 spiro atoms. The Morgan fingerprint density at radius 3 is 2.85 bits per heavy atom. The zero-order valence-corrected chi connectivity index (χ0v) is 23.5. The molecule has 41 heavy (non-hydrogen) atoms. The van der Waals surface area contributed by atoms with Crippen molar-refractivity contribution in [1.82, 2.24) is 40.2 Å². The number of aliphatic hydroxyl groups is 1. The average molecular weight is 564 g/mol. The first-order valence-electron chi connectivity index (χ1n) is 13.4. The number of rotatable bonds is 9. The Morgan fingerprint density at radius 2 is 2.12 bits per heavy atom. The van der Waals surface area contributed by atoms with Crippen molar-refractivity contribution in [2.24, 2.45) is 7.05 Å². The van der Waals surface area contributed by atoms with Gasteiger partial charge in [-0.1, -0.05) is 12.1 Å². The molecule has 1 amide bonds. The van der Waals surface area contributed by atoms with Crippen LogP contribution in [0.2, 0.25) is 0 Å². The Balaban J connectivity index is 1.41. The highest BCUT2D eigenvalue weighted by Gasteiger charge is 2.31. The lowest BCUT2D eigenvalue weighted by Crippen LogP contribution is -2.32. The van der Waals surface area contributed by atoms with Crippen molar-refractivity contribution >= 4 is 17.5 Å². The van der Waals surface area contributed by atoms with Gasteiger partial charge in [-0.15, -0.1) is 10.2 Å². The van der Waals surface area contributed by atoms with Crippen molar-refractivity contribution in [3.05, 3.63) is 65.8 Å². The van der Waals surface area contributed by atoms with Gasteiger partial charge in [0.25, 0.3) is 0 Å². The molecule has 0 bridgehead atoms. The van der Waals surface area contributed by atoms with Crippen LogP contribution in [0.4, 0.5) is 16.0 Å². The first-order chi connectivity index (χ1) is 19.6. The van der Waals surface area contributed by atoms with E-state index in [4.69, 9.17) is 4.42 Å². The Hall–Kier alpha value is -4.23. The van der Waals surface area contributed by atoms with Gasteiger partial charge in [0.1, 0.15) is 6.67 Å². The van der Waals surface area contributed by atoms with Crippen molar-refractivity contribution in [1.29, 1.82) is 0 Å². The molecular formula is C28H34FN9O3. The summed E-state index contributed by atoms with van der Waals surface area (Å²) >= 11 is 0. The van der Waals surface area contributed by atoms with Crippen LogP contribution in [-0.2, 0) is 19.0 Å². The Kier molecular flexibility index (Phi) is 8.08. The molecule has 0 fully saturated rings. The summed E-state index contributed by atoms with van der Waals surface area (Å²) in [6, 6.07) is 7.50. The van der Waals surface area contributed by atoms with Crippen molar-refractivity contribution in [3.8, 4) is 11.3 Å². The Labute approximate surface area is 237 Å². The monoisotopic (exact) mass is 563 g/mol. The van der Waals surface area contributed by atoms with Gasteiger partial charge in [0.2, 0.25) is 11.8 Å². The molecule has 0 saturated heterocycles. The van der Waals surface area contributed by atoms with E-state index in [9.17, 15) is 14.3 Å². The highest BCUT2D eigenvalue weighted by atomic mass is 19.1. The number of carbonyl (C=O) groups is 1. The number of carbonyl (C=O) groups excluding carboxylic acids is 1. The number of hydrogen-bond donors (Lipinski definition) is 3. The van der Waals surface area contributed by atoms with E-state index in [1.165, 1.54) is 0 Å². The van der Waals surface area contributed by atoms with Crippen LogP contribution in [0.25, 0.3) is 11.3 Å². The maximum atomic E-state index is 13.4. The van der Waals surface area contributed by atoms with E-state index in [2.05, 4.69) is 46.9 Å². The van der Waals surface area contributed by atoms with Gasteiger partial charge in [0.15, 0.2) is 0 Å². The van der Waals surface area contributed by atoms with E-state index in [1.807, 2.05) is 31.4 Å². The van der Waals surface area contributed by atoms with Gasteiger partial charge in [0, 0.05) is 44.6 Å². The third kappa shape index (κ3) is 6.57. The topological polar surface area (TPSA) is 147 Å². The zero-order chi connectivity index (χ0) is 29.1. The summed E-state index contributed by atoms with van der Waals surface area (Å²) in [4.78, 5) is 24.3. The number of anilines is 2. The van der Waals surface area contributed by atoms with Crippen LogP contribution < -0.4 is 10.6 Å². The number of halogens is 1. The SMILES string of the molecule is C[C@H](O)CN1CC[C@H](NC(=O)c2nnc(C(C)(C)CF)o2)c2ccc(-c3ccnc(Nc4cnn(C)c4)n3)cc2C1. The average Bonchev–Trinajstić information content (AvgIpc) is 3.57. The summed E-state index contributed by atoms with van der Waals surface area (Å²) < 4.78 is 20.6. The smallest absolute Gasteiger partial charge is 0.309 e. The molecule has 0 radical (unpaired) electrons. The molecule has 12 nitrogen and oxygen atoms in total. The van der Waals surface area contributed by atoms with Crippen molar-refractivity contribution < 1.29 is 18.7 Å². The molecule has 3 aromatic heterocycles. The van der Waals surface area contributed by atoms with Gasteiger partial charge in [-0.05, 0) is 50.5 Å². The minimum Gasteiger partial charge on any atom is -0.416 e. The molecular weight excluding hydrogens is 529 g/mol. The van der Waals surface area contributed by atoms with Crippen LogP contribution in [0.15, 0.2) is 47.3 Å². The van der Waals surface area contributed by atoms with Crippen molar-refractivity contribution in [3.63, 3.8) is 0 Å². The number of β-amino-alcohol motifs (C(OH)–C–C–N with tert-alkyl or cyclic N) is 1. The first-order valence-corrected chi connectivity index (χ1v) is 13.4. The van der Waals surface area contributed by atoms with Gasteiger partial charge in [-0.25, -0.2) is 14.4 Å². The second-order valence-electron chi connectivity index (χ2n) is 11.0. The van der Waals surface area contributed by atoms with Gasteiger partial charge in [-0.3, -0.25) is 14.4 Å². The van der Waals surface area contributed by atoms with E-state index in [0.29, 0.717) is 32.0 Å². The number of benzene rings is 1. The molecule has 0 aliphatic carbocycles. The normalized spacial score (nSPS) is 16.6. The molecule has 4 heterocycles. The number of amides is 1. The fraction of sp³-hybridized carbons (Fsp3) is 0.429. The molecule has 0 unspecified atom stereocenters. The molecule has 0 saturated carbocycles. The number of aromatic nitrogens is 6. The van der Waals surface area contributed by atoms with Crippen molar-refractivity contribution in [2.75, 3.05) is 25.1 Å². The predicted octanol–water partition coefficient (Wildman–Crippen LogP) is 3.31. The lowest BCUT2D eigenvalue weighted by Gasteiger charge is -2.22. The van der Waals surface area contributed by atoms with Crippen molar-refractivity contribution in [2.45, 2.75) is 51.3 Å². The molecule has 1 aliphatic heterocycles. The zero-order valence-electron chi connectivity index (χ0n) is 23.5. The van der Waals surface area contributed by atoms with E-state index >= 15 is 0 Å². The van der Waals surface area contributed by atoms with Crippen LogP contribution >= 0.6 is 0 Å². The molecule has 3 N–H and O–H groups in total. The fourth-order valence-electron chi connectivity index (χ4n) is 4.77. The minimum atomic E-state index is -0.979. The quantitative estimate of drug-likeness (QED) is 0.277. The van der Waals surface area contributed by atoms with Crippen LogP contribution in [0.3, 0.4) is 0 Å². The summed E-state index contributed by atoms with van der Waals surface area (Å²) in [6.45, 7) is 6.05. The summed E-state index contributed by atoms with van der Waals surface area (Å²) in [5.41, 5.74) is 3.36. The molecule has 4 aromatic rings. The minimum absolute atomic E-state index is 0.0707. The highest BCUT2D eigenvalue weighted by Crippen LogP contribution is 2.31. The lowest BCUT2D eigenvalue weighted by molar-refractivity contribution is 0.0887. The second-order valence-corrected chi connectivity index (χ2v) is 11.0. The van der Waals surface area contributed by atoms with Gasteiger partial charge in [0.05, 0.1) is 35.1 Å². The third-order valence-electron chi connectivity index (χ3n) is 6.92. The van der Waals surface area contributed by atoms with E-state index < -0.39 is 24.1 Å². The Bertz CT molecular complexity index is 1520. The lowest BCUT2D eigenvalue weighted by atomic mass is 9.96. The summed E-state index contributed by atoms with van der Waals surface area (Å²) in [7, 11) is 1.83. The second kappa shape index (κ2) is 11.7. The van der Waals surface area contributed by atoms with E-state index in [1.54, 1.807) is 37.8 Å².